The molecule has 2 heterocycles. The van der Waals surface area contributed by atoms with Crippen molar-refractivity contribution < 1.29 is 14.3 Å². The average molecular weight is 367 g/mol. The summed E-state index contributed by atoms with van der Waals surface area (Å²) in [6.07, 6.45) is 0. The molecule has 0 bridgehead atoms. The SMILES string of the molecule is COCCn1c(SCN2C(=O)c3ccccc3C2=O)nc2ccccc21. The van der Waals surface area contributed by atoms with Crippen molar-refractivity contribution in [2.75, 3.05) is 19.6 Å². The molecule has 0 spiro atoms. The van der Waals surface area contributed by atoms with Crippen molar-refractivity contribution in [1.82, 2.24) is 14.5 Å². The molecular weight excluding hydrogens is 350 g/mol. The molecule has 6 nitrogen and oxygen atoms in total. The van der Waals surface area contributed by atoms with Gasteiger partial charge in [0.25, 0.3) is 11.8 Å². The summed E-state index contributed by atoms with van der Waals surface area (Å²) in [5.74, 6) is -0.279. The monoisotopic (exact) mass is 367 g/mol. The summed E-state index contributed by atoms with van der Waals surface area (Å²) in [5, 5.41) is 0.764. The molecule has 4 rings (SSSR count). The molecule has 0 fully saturated rings. The molecule has 1 aliphatic heterocycles. The highest BCUT2D eigenvalue weighted by Crippen LogP contribution is 2.28. The maximum Gasteiger partial charge on any atom is 0.262 e. The number of amides is 2. The molecule has 1 aromatic heterocycles. The molecule has 2 aromatic carbocycles. The Labute approximate surface area is 154 Å². The number of hydrogen-bond acceptors (Lipinski definition) is 5. The number of nitrogens with zero attached hydrogens (tertiary/aromatic N) is 3. The lowest BCUT2D eigenvalue weighted by atomic mass is 10.1. The van der Waals surface area contributed by atoms with E-state index in [1.807, 2.05) is 24.3 Å². The van der Waals surface area contributed by atoms with Crippen molar-refractivity contribution in [2.24, 2.45) is 0 Å². The van der Waals surface area contributed by atoms with Gasteiger partial charge in [-0.3, -0.25) is 14.5 Å². The maximum absolute atomic E-state index is 12.5. The molecule has 2 amide bonds. The Hall–Kier alpha value is -2.64. The molecule has 0 atom stereocenters. The van der Waals surface area contributed by atoms with E-state index >= 15 is 0 Å². The fourth-order valence-electron chi connectivity index (χ4n) is 3.04. The second kappa shape index (κ2) is 6.93. The van der Waals surface area contributed by atoms with Crippen LogP contribution in [0, 0.1) is 0 Å². The van der Waals surface area contributed by atoms with Gasteiger partial charge in [0.1, 0.15) is 0 Å². The van der Waals surface area contributed by atoms with Gasteiger partial charge in [-0.15, -0.1) is 0 Å². The van der Waals surface area contributed by atoms with Gasteiger partial charge in [0, 0.05) is 13.7 Å². The highest BCUT2D eigenvalue weighted by molar-refractivity contribution is 7.99. The zero-order chi connectivity index (χ0) is 18.1. The lowest BCUT2D eigenvalue weighted by molar-refractivity contribution is 0.0684. The predicted octanol–water partition coefficient (Wildman–Crippen LogP) is 3.03. The molecule has 0 saturated heterocycles. The van der Waals surface area contributed by atoms with E-state index in [1.54, 1.807) is 31.4 Å². The molecule has 3 aromatic rings. The smallest absolute Gasteiger partial charge is 0.262 e. The van der Waals surface area contributed by atoms with Crippen LogP contribution in [-0.2, 0) is 11.3 Å². The van der Waals surface area contributed by atoms with Crippen LogP contribution in [0.15, 0.2) is 53.7 Å². The fraction of sp³-hybridized carbons (Fsp3) is 0.211. The van der Waals surface area contributed by atoms with Gasteiger partial charge in [-0.1, -0.05) is 36.0 Å². The van der Waals surface area contributed by atoms with Crippen molar-refractivity contribution in [3.8, 4) is 0 Å². The number of aromatic nitrogens is 2. The molecular formula is C19H17N3O3S. The maximum atomic E-state index is 12.5. The van der Waals surface area contributed by atoms with E-state index in [9.17, 15) is 9.59 Å². The molecule has 7 heteroatoms. The minimum atomic E-state index is -0.252. The summed E-state index contributed by atoms with van der Waals surface area (Å²) in [6, 6.07) is 14.8. The summed E-state index contributed by atoms with van der Waals surface area (Å²) >= 11 is 1.38. The molecule has 26 heavy (non-hydrogen) atoms. The van der Waals surface area contributed by atoms with Crippen LogP contribution in [-0.4, -0.2) is 45.9 Å². The van der Waals surface area contributed by atoms with Crippen molar-refractivity contribution in [3.63, 3.8) is 0 Å². The number of carbonyl (C=O) groups excluding carboxylic acids is 2. The second-order valence-corrected chi connectivity index (χ2v) is 6.80. The van der Waals surface area contributed by atoms with E-state index in [1.165, 1.54) is 16.7 Å². The van der Waals surface area contributed by atoms with Crippen LogP contribution in [0.3, 0.4) is 0 Å². The summed E-state index contributed by atoms with van der Waals surface area (Å²) in [6.45, 7) is 1.21. The van der Waals surface area contributed by atoms with Crippen LogP contribution in [0.1, 0.15) is 20.7 Å². The van der Waals surface area contributed by atoms with E-state index < -0.39 is 0 Å². The number of para-hydroxylation sites is 2. The average Bonchev–Trinajstić information content (AvgIpc) is 3.14. The minimum Gasteiger partial charge on any atom is -0.383 e. The van der Waals surface area contributed by atoms with Crippen molar-refractivity contribution in [1.29, 1.82) is 0 Å². The van der Waals surface area contributed by atoms with Gasteiger partial charge in [0.2, 0.25) is 0 Å². The molecule has 0 unspecified atom stereocenters. The number of carbonyl (C=O) groups is 2. The number of hydrogen-bond donors (Lipinski definition) is 0. The van der Waals surface area contributed by atoms with Gasteiger partial charge >= 0.3 is 0 Å². The lowest BCUT2D eigenvalue weighted by Gasteiger charge is -2.14. The molecule has 0 radical (unpaired) electrons. The van der Waals surface area contributed by atoms with Crippen molar-refractivity contribution in [2.45, 2.75) is 11.7 Å². The van der Waals surface area contributed by atoms with Crippen LogP contribution in [0.25, 0.3) is 11.0 Å². The number of imidazole rings is 1. The van der Waals surface area contributed by atoms with Crippen molar-refractivity contribution in [3.05, 3.63) is 59.7 Å². The Bertz CT molecular complexity index is 964. The van der Waals surface area contributed by atoms with Gasteiger partial charge in [-0.05, 0) is 24.3 Å². The lowest BCUT2D eigenvalue weighted by Crippen LogP contribution is -2.29. The third-order valence-electron chi connectivity index (χ3n) is 4.34. The van der Waals surface area contributed by atoms with Crippen molar-refractivity contribution >= 4 is 34.6 Å². The number of benzene rings is 2. The Balaban J connectivity index is 1.59. The van der Waals surface area contributed by atoms with Crippen LogP contribution in [0.2, 0.25) is 0 Å². The molecule has 0 saturated carbocycles. The van der Waals surface area contributed by atoms with Gasteiger partial charge in [-0.25, -0.2) is 4.98 Å². The highest BCUT2D eigenvalue weighted by atomic mass is 32.2. The standard InChI is InChI=1S/C19H17N3O3S/c1-25-11-10-21-16-9-5-4-8-15(16)20-19(21)26-12-22-17(23)13-6-2-3-7-14(13)18(22)24/h2-9H,10-12H2,1H3. The van der Waals surface area contributed by atoms with Crippen LogP contribution >= 0.6 is 11.8 Å². The van der Waals surface area contributed by atoms with E-state index in [0.717, 1.165) is 16.2 Å². The first-order valence-corrected chi connectivity index (χ1v) is 9.21. The molecule has 1 aliphatic rings. The minimum absolute atomic E-state index is 0.225. The molecule has 0 N–H and O–H groups in total. The first-order valence-electron chi connectivity index (χ1n) is 8.23. The Morgan fingerprint density at radius 3 is 2.35 bits per heavy atom. The first kappa shape index (κ1) is 16.8. The molecule has 0 aliphatic carbocycles. The Morgan fingerprint density at radius 2 is 1.65 bits per heavy atom. The zero-order valence-electron chi connectivity index (χ0n) is 14.2. The van der Waals surface area contributed by atoms with Crippen LogP contribution in [0.4, 0.5) is 0 Å². The quantitative estimate of drug-likeness (QED) is 0.495. The number of rotatable bonds is 6. The zero-order valence-corrected chi connectivity index (χ0v) is 15.0. The summed E-state index contributed by atoms with van der Waals surface area (Å²) in [5.41, 5.74) is 2.82. The van der Waals surface area contributed by atoms with Crippen LogP contribution < -0.4 is 0 Å². The second-order valence-electron chi connectivity index (χ2n) is 5.88. The van der Waals surface area contributed by atoms with E-state index in [2.05, 4.69) is 9.55 Å². The summed E-state index contributed by atoms with van der Waals surface area (Å²) < 4.78 is 7.25. The molecule has 132 valence electrons. The van der Waals surface area contributed by atoms with Gasteiger partial charge in [0.15, 0.2) is 5.16 Å². The van der Waals surface area contributed by atoms with E-state index in [0.29, 0.717) is 24.3 Å². The van der Waals surface area contributed by atoms with E-state index in [4.69, 9.17) is 4.74 Å². The number of fused-ring (bicyclic) bond motifs is 2. The highest BCUT2D eigenvalue weighted by Gasteiger charge is 2.35. The largest absolute Gasteiger partial charge is 0.383 e. The summed E-state index contributed by atoms with van der Waals surface area (Å²) in [4.78, 5) is 30.9. The van der Waals surface area contributed by atoms with Gasteiger partial charge in [0.05, 0.1) is 34.6 Å². The number of thioether (sulfide) groups is 1. The van der Waals surface area contributed by atoms with Gasteiger partial charge in [-0.2, -0.15) is 0 Å². The third kappa shape index (κ3) is 2.79. The number of imide groups is 1. The topological polar surface area (TPSA) is 64.4 Å². The Morgan fingerprint density at radius 1 is 1.00 bits per heavy atom. The number of methoxy groups -OCH3 is 1. The normalized spacial score (nSPS) is 13.7. The van der Waals surface area contributed by atoms with Gasteiger partial charge < -0.3 is 9.30 Å². The third-order valence-corrected chi connectivity index (χ3v) is 5.30. The Kier molecular flexibility index (Phi) is 4.48. The van der Waals surface area contributed by atoms with E-state index in [-0.39, 0.29) is 17.7 Å². The predicted molar refractivity (Wildman–Crippen MR) is 99.3 cm³/mol. The fourth-order valence-corrected chi connectivity index (χ4v) is 4.03. The number of ether oxygens (including phenoxy) is 1. The van der Waals surface area contributed by atoms with Crippen LogP contribution in [0.5, 0.6) is 0 Å². The first-order chi connectivity index (χ1) is 12.7. The summed E-state index contributed by atoms with van der Waals surface area (Å²) in [7, 11) is 1.66.